The Balaban J connectivity index is 1.79. The molecule has 1 aliphatic rings. The molecule has 2 rings (SSSR count). The fourth-order valence-electron chi connectivity index (χ4n) is 2.52. The van der Waals surface area contributed by atoms with Gasteiger partial charge in [0.1, 0.15) is 0 Å². The summed E-state index contributed by atoms with van der Waals surface area (Å²) in [4.78, 5) is 24.4. The highest BCUT2D eigenvalue weighted by Gasteiger charge is 2.21. The van der Waals surface area contributed by atoms with E-state index in [1.807, 2.05) is 0 Å². The number of carbonyl (C=O) groups excluding carboxylic acids is 2. The predicted octanol–water partition coefficient (Wildman–Crippen LogP) is 0.106. The van der Waals surface area contributed by atoms with Crippen molar-refractivity contribution >= 4 is 11.9 Å². The number of nitrogens with two attached hydrogens (primary N) is 1. The van der Waals surface area contributed by atoms with Crippen LogP contribution < -0.4 is 11.1 Å². The Bertz CT molecular complexity index is 492. The number of amides is 1. The normalized spacial score (nSPS) is 16.8. The molecular weight excluding hydrogens is 274 g/mol. The summed E-state index contributed by atoms with van der Waals surface area (Å²) in [7, 11) is 1.33. The van der Waals surface area contributed by atoms with Gasteiger partial charge in [0.25, 0.3) is 0 Å². The summed E-state index contributed by atoms with van der Waals surface area (Å²) in [5.74, 6) is -0.508. The second-order valence-corrected chi connectivity index (χ2v) is 5.16. The number of piperidine rings is 1. The molecule has 1 aromatic heterocycles. The number of rotatable bonds is 6. The molecule has 1 aliphatic heterocycles. The number of esters is 1. The molecule has 0 aliphatic carbocycles. The Morgan fingerprint density at radius 1 is 1.48 bits per heavy atom. The molecule has 1 fully saturated rings. The topological polar surface area (TPSA) is 97.8 Å². The van der Waals surface area contributed by atoms with Crippen LogP contribution in [-0.4, -0.2) is 49.6 Å². The highest BCUT2D eigenvalue weighted by molar-refractivity contribution is 5.87. The summed E-state index contributed by atoms with van der Waals surface area (Å²) in [6, 6.07) is 2.12. The molecule has 7 nitrogen and oxygen atoms in total. The van der Waals surface area contributed by atoms with Crippen molar-refractivity contribution in [2.24, 2.45) is 5.73 Å². The second-order valence-electron chi connectivity index (χ2n) is 5.16. The molecular formula is C14H21N3O4. The molecule has 0 radical (unpaired) electrons. The molecule has 0 atom stereocenters. The third-order valence-electron chi connectivity index (χ3n) is 3.67. The number of likely N-dealkylation sites (tertiary alicyclic amines) is 1. The monoisotopic (exact) mass is 295 g/mol. The maximum atomic E-state index is 11.5. The molecule has 116 valence electrons. The van der Waals surface area contributed by atoms with Crippen LogP contribution in [0.5, 0.6) is 0 Å². The van der Waals surface area contributed by atoms with Crippen molar-refractivity contribution in [3.05, 3.63) is 23.7 Å². The van der Waals surface area contributed by atoms with Crippen LogP contribution in [0.25, 0.3) is 0 Å². The lowest BCUT2D eigenvalue weighted by Gasteiger charge is -2.31. The molecule has 21 heavy (non-hydrogen) atoms. The van der Waals surface area contributed by atoms with Gasteiger partial charge in [-0.1, -0.05) is 0 Å². The van der Waals surface area contributed by atoms with E-state index in [4.69, 9.17) is 10.2 Å². The van der Waals surface area contributed by atoms with Crippen LogP contribution in [0, 0.1) is 0 Å². The molecule has 2 heterocycles. The van der Waals surface area contributed by atoms with E-state index in [0.717, 1.165) is 31.5 Å². The minimum atomic E-state index is -0.465. The van der Waals surface area contributed by atoms with Gasteiger partial charge in [-0.25, -0.2) is 4.79 Å². The first-order valence-corrected chi connectivity index (χ1v) is 6.99. The number of ether oxygens (including phenoxy) is 1. The van der Waals surface area contributed by atoms with Crippen LogP contribution in [0.4, 0.5) is 0 Å². The predicted molar refractivity (Wildman–Crippen MR) is 75.5 cm³/mol. The summed E-state index contributed by atoms with van der Waals surface area (Å²) < 4.78 is 9.81. The molecule has 0 spiro atoms. The molecule has 0 aromatic carbocycles. The SMILES string of the molecule is COC(=O)c1occc1CNC1CCN(CC(N)=O)CC1. The van der Waals surface area contributed by atoms with Gasteiger partial charge < -0.3 is 20.2 Å². The molecule has 1 aromatic rings. The lowest BCUT2D eigenvalue weighted by molar-refractivity contribution is -0.119. The lowest BCUT2D eigenvalue weighted by atomic mass is 10.0. The molecule has 0 saturated carbocycles. The minimum absolute atomic E-state index is 0.246. The van der Waals surface area contributed by atoms with E-state index in [1.54, 1.807) is 6.07 Å². The van der Waals surface area contributed by atoms with Crippen molar-refractivity contribution in [2.45, 2.75) is 25.4 Å². The van der Waals surface area contributed by atoms with Crippen LogP contribution in [0.3, 0.4) is 0 Å². The fraction of sp³-hybridized carbons (Fsp3) is 0.571. The third kappa shape index (κ3) is 4.30. The van der Waals surface area contributed by atoms with Gasteiger partial charge in [0.15, 0.2) is 0 Å². The van der Waals surface area contributed by atoms with E-state index < -0.39 is 5.97 Å². The van der Waals surface area contributed by atoms with Crippen molar-refractivity contribution in [1.29, 1.82) is 0 Å². The van der Waals surface area contributed by atoms with Crippen LogP contribution in [0.15, 0.2) is 16.7 Å². The zero-order chi connectivity index (χ0) is 15.2. The second kappa shape index (κ2) is 7.24. The Morgan fingerprint density at radius 2 is 2.19 bits per heavy atom. The van der Waals surface area contributed by atoms with Gasteiger partial charge >= 0.3 is 5.97 Å². The number of nitrogens with one attached hydrogen (secondary N) is 1. The van der Waals surface area contributed by atoms with E-state index in [2.05, 4.69) is 15.0 Å². The van der Waals surface area contributed by atoms with Crippen LogP contribution in [0.1, 0.15) is 29.0 Å². The zero-order valence-electron chi connectivity index (χ0n) is 12.1. The maximum Gasteiger partial charge on any atom is 0.374 e. The number of hydrogen-bond acceptors (Lipinski definition) is 6. The van der Waals surface area contributed by atoms with E-state index >= 15 is 0 Å². The summed E-state index contributed by atoms with van der Waals surface area (Å²) in [5.41, 5.74) is 5.98. The first kappa shape index (κ1) is 15.5. The van der Waals surface area contributed by atoms with E-state index in [1.165, 1.54) is 13.4 Å². The van der Waals surface area contributed by atoms with Gasteiger partial charge in [-0.15, -0.1) is 0 Å². The largest absolute Gasteiger partial charge is 0.463 e. The minimum Gasteiger partial charge on any atom is -0.463 e. The molecule has 0 unspecified atom stereocenters. The zero-order valence-corrected chi connectivity index (χ0v) is 12.1. The van der Waals surface area contributed by atoms with E-state index in [9.17, 15) is 9.59 Å². The van der Waals surface area contributed by atoms with Gasteiger partial charge in [-0.3, -0.25) is 9.69 Å². The number of methoxy groups -OCH3 is 1. The van der Waals surface area contributed by atoms with Crippen molar-refractivity contribution < 1.29 is 18.7 Å². The molecule has 0 bridgehead atoms. The first-order valence-electron chi connectivity index (χ1n) is 6.99. The highest BCUT2D eigenvalue weighted by atomic mass is 16.5. The number of nitrogens with zero attached hydrogens (tertiary/aromatic N) is 1. The summed E-state index contributed by atoms with van der Waals surface area (Å²) in [6.07, 6.45) is 3.37. The van der Waals surface area contributed by atoms with E-state index in [-0.39, 0.29) is 11.7 Å². The Hall–Kier alpha value is -1.86. The number of hydrogen-bond donors (Lipinski definition) is 2. The lowest BCUT2D eigenvalue weighted by Crippen LogP contribution is -2.45. The third-order valence-corrected chi connectivity index (χ3v) is 3.67. The highest BCUT2D eigenvalue weighted by Crippen LogP contribution is 2.14. The number of primary amides is 1. The smallest absolute Gasteiger partial charge is 0.374 e. The van der Waals surface area contributed by atoms with Gasteiger partial charge in [-0.05, 0) is 18.9 Å². The van der Waals surface area contributed by atoms with Gasteiger partial charge in [0.2, 0.25) is 11.7 Å². The summed E-state index contributed by atoms with van der Waals surface area (Å²) >= 11 is 0. The average molecular weight is 295 g/mol. The van der Waals surface area contributed by atoms with Gasteiger partial charge in [0, 0.05) is 31.2 Å². The maximum absolute atomic E-state index is 11.5. The Kier molecular flexibility index (Phi) is 5.35. The standard InChI is InChI=1S/C14H21N3O4/c1-20-14(19)13-10(4-7-21-13)8-16-11-2-5-17(6-3-11)9-12(15)18/h4,7,11,16H,2-3,5-6,8-9H2,1H3,(H2,15,18). The van der Waals surface area contributed by atoms with Gasteiger partial charge in [-0.2, -0.15) is 0 Å². The summed E-state index contributed by atoms with van der Waals surface area (Å²) in [5, 5.41) is 3.41. The van der Waals surface area contributed by atoms with Crippen molar-refractivity contribution in [2.75, 3.05) is 26.7 Å². The molecule has 3 N–H and O–H groups in total. The first-order chi connectivity index (χ1) is 10.1. The number of furan rings is 1. The average Bonchev–Trinajstić information content (AvgIpc) is 2.93. The van der Waals surface area contributed by atoms with Crippen LogP contribution >= 0.6 is 0 Å². The molecule has 1 saturated heterocycles. The Morgan fingerprint density at radius 3 is 2.81 bits per heavy atom. The number of carbonyl (C=O) groups is 2. The quantitative estimate of drug-likeness (QED) is 0.723. The Labute approximate surface area is 123 Å². The fourth-order valence-corrected chi connectivity index (χ4v) is 2.52. The summed E-state index contributed by atoms with van der Waals surface area (Å²) in [6.45, 7) is 2.56. The molecule has 1 amide bonds. The van der Waals surface area contributed by atoms with Gasteiger partial charge in [0.05, 0.1) is 19.9 Å². The van der Waals surface area contributed by atoms with Crippen molar-refractivity contribution in [3.63, 3.8) is 0 Å². The van der Waals surface area contributed by atoms with Crippen molar-refractivity contribution in [1.82, 2.24) is 10.2 Å². The van der Waals surface area contributed by atoms with Crippen LogP contribution in [0.2, 0.25) is 0 Å². The van der Waals surface area contributed by atoms with Crippen molar-refractivity contribution in [3.8, 4) is 0 Å². The van der Waals surface area contributed by atoms with E-state index in [0.29, 0.717) is 19.1 Å². The van der Waals surface area contributed by atoms with Crippen LogP contribution in [-0.2, 0) is 16.1 Å². The molecule has 7 heteroatoms.